The number of nitrogens with one attached hydrogen (secondary N) is 1. The van der Waals surface area contributed by atoms with Crippen molar-refractivity contribution in [1.82, 2.24) is 10.2 Å². The molecule has 0 aromatic heterocycles. The predicted octanol–water partition coefficient (Wildman–Crippen LogP) is 2.38. The third-order valence-electron chi connectivity index (χ3n) is 3.49. The molecule has 1 aromatic rings. The minimum Gasteiger partial charge on any atom is -0.494 e. The van der Waals surface area contributed by atoms with Gasteiger partial charge in [-0.2, -0.15) is 0 Å². The lowest BCUT2D eigenvalue weighted by molar-refractivity contribution is -0.121. The maximum atomic E-state index is 11.9. The monoisotopic (exact) mass is 350 g/mol. The summed E-state index contributed by atoms with van der Waals surface area (Å²) in [6.07, 6.45) is -0.753. The molecule has 0 atom stereocenters. The summed E-state index contributed by atoms with van der Waals surface area (Å²) in [6, 6.07) is 5.27. The molecule has 1 N–H and O–H groups in total. The first kappa shape index (κ1) is 20.6. The van der Waals surface area contributed by atoms with Crippen LogP contribution in [-0.4, -0.2) is 49.0 Å². The average Bonchev–Trinajstić information content (AvgIpc) is 2.55. The third-order valence-corrected chi connectivity index (χ3v) is 3.49. The number of carbonyl (C=O) groups excluding carboxylic acids is 3. The van der Waals surface area contributed by atoms with E-state index in [1.54, 1.807) is 25.1 Å². The fourth-order valence-corrected chi connectivity index (χ4v) is 2.26. The highest BCUT2D eigenvalue weighted by atomic mass is 16.5. The second kappa shape index (κ2) is 10.5. The molecule has 1 aromatic carbocycles. The Bertz CT molecular complexity index is 615. The fraction of sp³-hybridized carbons (Fsp3) is 0.500. The van der Waals surface area contributed by atoms with Crippen molar-refractivity contribution in [3.05, 3.63) is 29.3 Å². The molecule has 0 aliphatic carbocycles. The first-order chi connectivity index (χ1) is 11.9. The van der Waals surface area contributed by atoms with E-state index >= 15 is 0 Å². The van der Waals surface area contributed by atoms with Crippen molar-refractivity contribution < 1.29 is 23.9 Å². The van der Waals surface area contributed by atoms with Gasteiger partial charge in [-0.3, -0.25) is 19.8 Å². The summed E-state index contributed by atoms with van der Waals surface area (Å²) in [4.78, 5) is 36.7. The second-order valence-corrected chi connectivity index (χ2v) is 5.38. The quantitative estimate of drug-likeness (QED) is 0.688. The fourth-order valence-electron chi connectivity index (χ4n) is 2.26. The van der Waals surface area contributed by atoms with Gasteiger partial charge >= 0.3 is 6.09 Å². The summed E-state index contributed by atoms with van der Waals surface area (Å²) in [5.74, 6) is 0.199. The molecule has 0 heterocycles. The number of benzene rings is 1. The molecule has 7 nitrogen and oxygen atoms in total. The van der Waals surface area contributed by atoms with Crippen LogP contribution in [0.5, 0.6) is 5.75 Å². The van der Waals surface area contributed by atoms with Crippen molar-refractivity contribution in [2.45, 2.75) is 34.2 Å². The standard InChI is InChI=1S/C18H26N2O5/c1-5-20(12-17(22)19-18(23)25-7-3)11-15-10-14(13(4)21)8-9-16(15)24-6-2/h8-10H,5-7,11-12H2,1-4H3,(H,19,22,23). The number of rotatable bonds is 9. The number of Topliss-reactive ketones (excluding diaryl/α,β-unsaturated/α-hetero) is 1. The molecule has 7 heteroatoms. The van der Waals surface area contributed by atoms with Gasteiger partial charge in [-0.05, 0) is 45.5 Å². The first-order valence-electron chi connectivity index (χ1n) is 8.36. The van der Waals surface area contributed by atoms with Gasteiger partial charge in [0.2, 0.25) is 5.91 Å². The molecule has 1 rings (SSSR count). The van der Waals surface area contributed by atoms with Crippen LogP contribution in [0.15, 0.2) is 18.2 Å². The van der Waals surface area contributed by atoms with Crippen LogP contribution in [-0.2, 0) is 16.1 Å². The van der Waals surface area contributed by atoms with E-state index in [1.807, 2.05) is 18.7 Å². The zero-order valence-electron chi connectivity index (χ0n) is 15.3. The number of amides is 2. The zero-order valence-corrected chi connectivity index (χ0v) is 15.3. The Labute approximate surface area is 148 Å². The van der Waals surface area contributed by atoms with Crippen LogP contribution in [0.1, 0.15) is 43.6 Å². The number of carbonyl (C=O) groups is 3. The van der Waals surface area contributed by atoms with Crippen LogP contribution >= 0.6 is 0 Å². The molecule has 0 bridgehead atoms. The van der Waals surface area contributed by atoms with Gasteiger partial charge < -0.3 is 9.47 Å². The molecule has 0 fully saturated rings. The van der Waals surface area contributed by atoms with Gasteiger partial charge in [0.25, 0.3) is 0 Å². The normalized spacial score (nSPS) is 10.4. The molecule has 138 valence electrons. The lowest BCUT2D eigenvalue weighted by Crippen LogP contribution is -2.40. The molecule has 0 saturated heterocycles. The van der Waals surface area contributed by atoms with E-state index < -0.39 is 12.0 Å². The Balaban J connectivity index is 2.85. The summed E-state index contributed by atoms with van der Waals surface area (Å²) in [7, 11) is 0. The number of hydrogen-bond acceptors (Lipinski definition) is 6. The lowest BCUT2D eigenvalue weighted by Gasteiger charge is -2.21. The number of ketones is 1. The number of alkyl carbamates (subject to hydrolysis) is 1. The topological polar surface area (TPSA) is 84.9 Å². The van der Waals surface area contributed by atoms with Crippen molar-refractivity contribution in [3.8, 4) is 5.75 Å². The SMILES string of the molecule is CCOC(=O)NC(=O)CN(CC)Cc1cc(C(C)=O)ccc1OCC. The Kier molecular flexibility index (Phi) is 8.63. The van der Waals surface area contributed by atoms with Crippen LogP contribution in [0.2, 0.25) is 0 Å². The van der Waals surface area contributed by atoms with Gasteiger partial charge in [0.1, 0.15) is 5.75 Å². The molecule has 0 aliphatic rings. The third kappa shape index (κ3) is 6.93. The van der Waals surface area contributed by atoms with Gasteiger partial charge in [0, 0.05) is 17.7 Å². The molecule has 0 spiro atoms. The number of hydrogen-bond donors (Lipinski definition) is 1. The number of imide groups is 1. The molecule has 0 radical (unpaired) electrons. The van der Waals surface area contributed by atoms with E-state index in [-0.39, 0.29) is 18.9 Å². The van der Waals surface area contributed by atoms with Crippen molar-refractivity contribution in [2.24, 2.45) is 0 Å². The molecule has 2 amide bonds. The Morgan fingerprint density at radius 1 is 1.12 bits per heavy atom. The molecular weight excluding hydrogens is 324 g/mol. The van der Waals surface area contributed by atoms with Gasteiger partial charge in [-0.15, -0.1) is 0 Å². The van der Waals surface area contributed by atoms with Gasteiger partial charge in [0.05, 0.1) is 19.8 Å². The lowest BCUT2D eigenvalue weighted by atomic mass is 10.1. The van der Waals surface area contributed by atoms with Crippen LogP contribution in [0.3, 0.4) is 0 Å². The molecule has 0 aliphatic heterocycles. The van der Waals surface area contributed by atoms with E-state index in [4.69, 9.17) is 9.47 Å². The van der Waals surface area contributed by atoms with Crippen molar-refractivity contribution >= 4 is 17.8 Å². The van der Waals surface area contributed by atoms with Crippen molar-refractivity contribution in [2.75, 3.05) is 26.3 Å². The zero-order chi connectivity index (χ0) is 18.8. The first-order valence-corrected chi connectivity index (χ1v) is 8.36. The van der Waals surface area contributed by atoms with Crippen LogP contribution in [0.4, 0.5) is 4.79 Å². The summed E-state index contributed by atoms with van der Waals surface area (Å²) < 4.78 is 10.3. The van der Waals surface area contributed by atoms with E-state index in [1.165, 1.54) is 6.92 Å². The van der Waals surface area contributed by atoms with E-state index in [0.29, 0.717) is 31.0 Å². The Morgan fingerprint density at radius 2 is 1.84 bits per heavy atom. The van der Waals surface area contributed by atoms with E-state index in [9.17, 15) is 14.4 Å². The molecule has 0 saturated carbocycles. The highest BCUT2D eigenvalue weighted by Gasteiger charge is 2.16. The van der Waals surface area contributed by atoms with E-state index in [0.717, 1.165) is 5.56 Å². The van der Waals surface area contributed by atoms with Gasteiger partial charge in [0.15, 0.2) is 5.78 Å². The molecule has 25 heavy (non-hydrogen) atoms. The summed E-state index contributed by atoms with van der Waals surface area (Å²) in [6.45, 7) is 8.71. The number of ether oxygens (including phenoxy) is 2. The maximum absolute atomic E-state index is 11.9. The van der Waals surface area contributed by atoms with Crippen LogP contribution in [0.25, 0.3) is 0 Å². The summed E-state index contributed by atoms with van der Waals surface area (Å²) in [5, 5.41) is 2.17. The van der Waals surface area contributed by atoms with E-state index in [2.05, 4.69) is 5.32 Å². The van der Waals surface area contributed by atoms with Crippen LogP contribution in [0, 0.1) is 0 Å². The van der Waals surface area contributed by atoms with Gasteiger partial charge in [-0.1, -0.05) is 6.92 Å². The van der Waals surface area contributed by atoms with Gasteiger partial charge in [-0.25, -0.2) is 4.79 Å². The summed E-state index contributed by atoms with van der Waals surface area (Å²) in [5.41, 5.74) is 1.41. The van der Waals surface area contributed by atoms with Crippen molar-refractivity contribution in [3.63, 3.8) is 0 Å². The molecule has 0 unspecified atom stereocenters. The number of likely N-dealkylation sites (N-methyl/N-ethyl adjacent to an activating group) is 1. The number of nitrogens with zero attached hydrogens (tertiary/aromatic N) is 1. The summed E-state index contributed by atoms with van der Waals surface area (Å²) >= 11 is 0. The highest BCUT2D eigenvalue weighted by Crippen LogP contribution is 2.22. The maximum Gasteiger partial charge on any atom is 0.413 e. The predicted molar refractivity (Wildman–Crippen MR) is 93.7 cm³/mol. The molecular formula is C18H26N2O5. The second-order valence-electron chi connectivity index (χ2n) is 5.38. The van der Waals surface area contributed by atoms with Crippen LogP contribution < -0.4 is 10.1 Å². The van der Waals surface area contributed by atoms with Crippen molar-refractivity contribution in [1.29, 1.82) is 0 Å². The average molecular weight is 350 g/mol. The highest BCUT2D eigenvalue weighted by molar-refractivity contribution is 5.94. The Morgan fingerprint density at radius 3 is 2.40 bits per heavy atom. The smallest absolute Gasteiger partial charge is 0.413 e. The largest absolute Gasteiger partial charge is 0.494 e. The minimum atomic E-state index is -0.753. The Hall–Kier alpha value is -2.41. The minimum absolute atomic E-state index is 0.0329.